The molecule has 0 N–H and O–H groups in total. The Labute approximate surface area is 71.4 Å². The van der Waals surface area contributed by atoms with E-state index < -0.39 is 0 Å². The summed E-state index contributed by atoms with van der Waals surface area (Å²) in [7, 11) is 0. The van der Waals surface area contributed by atoms with E-state index in [9.17, 15) is 0 Å². The minimum Gasteiger partial charge on any atom is -0.261 e. The number of fused-ring (bicyclic) bond motifs is 1. The van der Waals surface area contributed by atoms with Crippen molar-refractivity contribution in [3.63, 3.8) is 0 Å². The van der Waals surface area contributed by atoms with Crippen LogP contribution in [-0.4, -0.2) is 4.98 Å². The zero-order valence-electron chi connectivity index (χ0n) is 6.52. The number of pyridine rings is 1. The van der Waals surface area contributed by atoms with E-state index in [0.717, 1.165) is 23.4 Å². The van der Waals surface area contributed by atoms with Crippen LogP contribution in [0.25, 0.3) is 0 Å². The van der Waals surface area contributed by atoms with Crippen molar-refractivity contribution in [3.05, 3.63) is 28.0 Å². The minimum atomic E-state index is 0.938. The van der Waals surface area contributed by atoms with Gasteiger partial charge in [-0.25, -0.2) is 0 Å². The van der Waals surface area contributed by atoms with E-state index in [4.69, 9.17) is 11.6 Å². The molecule has 58 valence electrons. The SMILES string of the molecule is Cc1cnc2c(c1Cl)CCC2. The zero-order valence-corrected chi connectivity index (χ0v) is 7.28. The molecule has 2 rings (SSSR count). The first kappa shape index (κ1) is 7.11. The summed E-state index contributed by atoms with van der Waals surface area (Å²) in [5, 5.41) is 0.938. The molecule has 0 bridgehead atoms. The summed E-state index contributed by atoms with van der Waals surface area (Å²) in [4.78, 5) is 4.34. The monoisotopic (exact) mass is 167 g/mol. The minimum absolute atomic E-state index is 0.938. The Hall–Kier alpha value is -0.560. The predicted octanol–water partition coefficient (Wildman–Crippen LogP) is 2.53. The van der Waals surface area contributed by atoms with E-state index in [1.807, 2.05) is 13.1 Å². The van der Waals surface area contributed by atoms with Crippen molar-refractivity contribution in [1.82, 2.24) is 4.98 Å². The van der Waals surface area contributed by atoms with Gasteiger partial charge in [-0.2, -0.15) is 0 Å². The first-order chi connectivity index (χ1) is 5.29. The molecule has 0 atom stereocenters. The second kappa shape index (κ2) is 2.49. The van der Waals surface area contributed by atoms with Crippen LogP contribution in [0.4, 0.5) is 0 Å². The van der Waals surface area contributed by atoms with Gasteiger partial charge in [-0.3, -0.25) is 4.98 Å². The first-order valence-electron chi connectivity index (χ1n) is 3.92. The maximum Gasteiger partial charge on any atom is 0.0500 e. The van der Waals surface area contributed by atoms with Crippen LogP contribution in [0.1, 0.15) is 23.2 Å². The topological polar surface area (TPSA) is 12.9 Å². The number of hydrogen-bond acceptors (Lipinski definition) is 1. The highest BCUT2D eigenvalue weighted by Gasteiger charge is 2.15. The highest BCUT2D eigenvalue weighted by Crippen LogP contribution is 2.28. The van der Waals surface area contributed by atoms with E-state index in [1.54, 1.807) is 0 Å². The zero-order chi connectivity index (χ0) is 7.84. The van der Waals surface area contributed by atoms with Crippen molar-refractivity contribution in [3.8, 4) is 0 Å². The standard InChI is InChI=1S/C9H10ClN/c1-6-5-11-8-4-2-3-7(8)9(6)10/h5H,2-4H2,1H3. The van der Waals surface area contributed by atoms with Gasteiger partial charge in [0.1, 0.15) is 0 Å². The highest BCUT2D eigenvalue weighted by molar-refractivity contribution is 6.32. The molecule has 1 aromatic heterocycles. The molecule has 1 aliphatic carbocycles. The Morgan fingerprint density at radius 2 is 2.27 bits per heavy atom. The third-order valence-corrected chi connectivity index (χ3v) is 2.74. The molecule has 1 heterocycles. The molecule has 11 heavy (non-hydrogen) atoms. The summed E-state index contributed by atoms with van der Waals surface area (Å²) in [6, 6.07) is 0. The maximum atomic E-state index is 6.10. The molecular formula is C9H10ClN. The number of aryl methyl sites for hydroxylation is 2. The van der Waals surface area contributed by atoms with Crippen LogP contribution >= 0.6 is 11.6 Å². The smallest absolute Gasteiger partial charge is 0.0500 e. The van der Waals surface area contributed by atoms with Gasteiger partial charge < -0.3 is 0 Å². The normalized spacial score (nSPS) is 15.1. The van der Waals surface area contributed by atoms with Gasteiger partial charge in [0, 0.05) is 11.9 Å². The van der Waals surface area contributed by atoms with Crippen LogP contribution in [0.5, 0.6) is 0 Å². The van der Waals surface area contributed by atoms with E-state index >= 15 is 0 Å². The van der Waals surface area contributed by atoms with Crippen LogP contribution in [0.3, 0.4) is 0 Å². The molecule has 1 aromatic rings. The quantitative estimate of drug-likeness (QED) is 0.579. The fourth-order valence-electron chi connectivity index (χ4n) is 1.58. The molecule has 0 unspecified atom stereocenters. The Morgan fingerprint density at radius 3 is 3.09 bits per heavy atom. The van der Waals surface area contributed by atoms with Crippen LogP contribution in [-0.2, 0) is 12.8 Å². The Balaban J connectivity index is 2.62. The fraction of sp³-hybridized carbons (Fsp3) is 0.444. The van der Waals surface area contributed by atoms with Crippen molar-refractivity contribution in [2.24, 2.45) is 0 Å². The molecule has 0 saturated heterocycles. The van der Waals surface area contributed by atoms with Gasteiger partial charge in [-0.1, -0.05) is 11.6 Å². The summed E-state index contributed by atoms with van der Waals surface area (Å²) in [5.41, 5.74) is 3.60. The number of aromatic nitrogens is 1. The molecule has 1 aliphatic rings. The summed E-state index contributed by atoms with van der Waals surface area (Å²) in [5.74, 6) is 0. The van der Waals surface area contributed by atoms with E-state index in [0.29, 0.717) is 0 Å². The van der Waals surface area contributed by atoms with Crippen LogP contribution in [0.2, 0.25) is 5.02 Å². The molecule has 0 amide bonds. The Kier molecular flexibility index (Phi) is 1.61. The first-order valence-corrected chi connectivity index (χ1v) is 4.29. The second-order valence-corrected chi connectivity index (χ2v) is 3.41. The van der Waals surface area contributed by atoms with Crippen molar-refractivity contribution >= 4 is 11.6 Å². The third-order valence-electron chi connectivity index (χ3n) is 2.21. The van der Waals surface area contributed by atoms with Gasteiger partial charge in [-0.05, 0) is 37.3 Å². The van der Waals surface area contributed by atoms with E-state index in [2.05, 4.69) is 4.98 Å². The highest BCUT2D eigenvalue weighted by atomic mass is 35.5. The average molecular weight is 168 g/mol. The van der Waals surface area contributed by atoms with Gasteiger partial charge in [0.05, 0.1) is 5.02 Å². The lowest BCUT2D eigenvalue weighted by atomic mass is 10.2. The fourth-order valence-corrected chi connectivity index (χ4v) is 1.83. The molecule has 0 radical (unpaired) electrons. The van der Waals surface area contributed by atoms with Gasteiger partial charge in [0.15, 0.2) is 0 Å². The van der Waals surface area contributed by atoms with Crippen LogP contribution < -0.4 is 0 Å². The van der Waals surface area contributed by atoms with Gasteiger partial charge in [-0.15, -0.1) is 0 Å². The lowest BCUT2D eigenvalue weighted by molar-refractivity contribution is 0.899. The number of nitrogens with zero attached hydrogens (tertiary/aromatic N) is 1. The average Bonchev–Trinajstić information content (AvgIpc) is 2.45. The Bertz CT molecular complexity index is 294. The molecule has 1 nitrogen and oxygen atoms in total. The van der Waals surface area contributed by atoms with Gasteiger partial charge in [0.2, 0.25) is 0 Å². The summed E-state index contributed by atoms with van der Waals surface area (Å²) < 4.78 is 0. The molecule has 0 saturated carbocycles. The van der Waals surface area contributed by atoms with E-state index in [-0.39, 0.29) is 0 Å². The number of hydrogen-bond donors (Lipinski definition) is 0. The second-order valence-electron chi connectivity index (χ2n) is 3.03. The lowest BCUT2D eigenvalue weighted by Gasteiger charge is -2.02. The maximum absolute atomic E-state index is 6.10. The van der Waals surface area contributed by atoms with Crippen molar-refractivity contribution < 1.29 is 0 Å². The third kappa shape index (κ3) is 1.04. The molecule has 0 fully saturated rings. The molecule has 0 spiro atoms. The molecule has 2 heteroatoms. The van der Waals surface area contributed by atoms with Crippen LogP contribution in [0.15, 0.2) is 6.20 Å². The molecule has 0 aromatic carbocycles. The van der Waals surface area contributed by atoms with Crippen molar-refractivity contribution in [2.75, 3.05) is 0 Å². The summed E-state index contributed by atoms with van der Waals surface area (Å²) in [6.45, 7) is 2.01. The molecular weight excluding hydrogens is 158 g/mol. The van der Waals surface area contributed by atoms with E-state index in [1.165, 1.54) is 17.7 Å². The van der Waals surface area contributed by atoms with Crippen molar-refractivity contribution in [1.29, 1.82) is 0 Å². The van der Waals surface area contributed by atoms with Crippen molar-refractivity contribution in [2.45, 2.75) is 26.2 Å². The Morgan fingerprint density at radius 1 is 1.45 bits per heavy atom. The number of halogens is 1. The summed E-state index contributed by atoms with van der Waals surface area (Å²) in [6.07, 6.45) is 5.30. The summed E-state index contributed by atoms with van der Waals surface area (Å²) >= 11 is 6.10. The predicted molar refractivity (Wildman–Crippen MR) is 46.0 cm³/mol. The van der Waals surface area contributed by atoms with Gasteiger partial charge >= 0.3 is 0 Å². The van der Waals surface area contributed by atoms with Crippen LogP contribution in [0, 0.1) is 6.92 Å². The molecule has 0 aliphatic heterocycles. The lowest BCUT2D eigenvalue weighted by Crippen LogP contribution is -1.90. The number of rotatable bonds is 0. The largest absolute Gasteiger partial charge is 0.261 e. The van der Waals surface area contributed by atoms with Gasteiger partial charge in [0.25, 0.3) is 0 Å².